The number of benzene rings is 2. The van der Waals surface area contributed by atoms with Gasteiger partial charge in [0, 0.05) is 37.4 Å². The van der Waals surface area contributed by atoms with Crippen LogP contribution >= 0.6 is 0 Å². The minimum atomic E-state index is -3.54. The molecule has 2 aromatic rings. The lowest BCUT2D eigenvalue weighted by Gasteiger charge is -2.27. The van der Waals surface area contributed by atoms with Crippen LogP contribution in [0, 0.1) is 0 Å². The maximum atomic E-state index is 13.0. The maximum Gasteiger partial charge on any atom is 0.243 e. The van der Waals surface area contributed by atoms with Crippen molar-refractivity contribution >= 4 is 21.6 Å². The van der Waals surface area contributed by atoms with E-state index in [1.165, 1.54) is 4.31 Å². The molecule has 4 rings (SSSR count). The van der Waals surface area contributed by atoms with Gasteiger partial charge in [0.15, 0.2) is 0 Å². The molecule has 2 aliphatic rings. The summed E-state index contributed by atoms with van der Waals surface area (Å²) in [5, 5.41) is 2.89. The number of sulfonamides is 1. The monoisotopic (exact) mass is 443 g/mol. The number of carbonyl (C=O) groups is 1. The van der Waals surface area contributed by atoms with E-state index in [0.29, 0.717) is 38.5 Å². The summed E-state index contributed by atoms with van der Waals surface area (Å²) in [6, 6.07) is 14.0. The highest BCUT2D eigenvalue weighted by Crippen LogP contribution is 2.25. The fourth-order valence-corrected chi connectivity index (χ4v) is 5.64. The van der Waals surface area contributed by atoms with Gasteiger partial charge in [0.25, 0.3) is 0 Å². The van der Waals surface area contributed by atoms with E-state index in [0.717, 1.165) is 30.6 Å². The Morgan fingerprint density at radius 3 is 2.61 bits per heavy atom. The SMILES string of the molecule is CC(C(=O)Nc1cccc(S(=O)(=O)N2CCCCC2)c1)N1CCOc2ccccc2C1. The molecule has 0 radical (unpaired) electrons. The highest BCUT2D eigenvalue weighted by molar-refractivity contribution is 7.89. The summed E-state index contributed by atoms with van der Waals surface area (Å²) in [7, 11) is -3.54. The van der Waals surface area contributed by atoms with Gasteiger partial charge in [0.05, 0.1) is 10.9 Å². The first-order valence-corrected chi connectivity index (χ1v) is 12.2. The van der Waals surface area contributed by atoms with Crippen LogP contribution < -0.4 is 10.1 Å². The van der Waals surface area contributed by atoms with Gasteiger partial charge >= 0.3 is 0 Å². The quantitative estimate of drug-likeness (QED) is 0.768. The topological polar surface area (TPSA) is 79.0 Å². The number of fused-ring (bicyclic) bond motifs is 1. The fraction of sp³-hybridized carbons (Fsp3) is 0.435. The molecule has 8 heteroatoms. The van der Waals surface area contributed by atoms with E-state index in [9.17, 15) is 13.2 Å². The number of para-hydroxylation sites is 1. The van der Waals surface area contributed by atoms with Crippen LogP contribution in [-0.2, 0) is 21.4 Å². The van der Waals surface area contributed by atoms with Gasteiger partial charge in [-0.2, -0.15) is 4.31 Å². The zero-order valence-electron chi connectivity index (χ0n) is 17.8. The molecule has 0 bridgehead atoms. The van der Waals surface area contributed by atoms with Crippen molar-refractivity contribution in [3.05, 3.63) is 54.1 Å². The highest BCUT2D eigenvalue weighted by Gasteiger charge is 2.27. The Bertz CT molecular complexity index is 1030. The van der Waals surface area contributed by atoms with Crippen LogP contribution in [0.25, 0.3) is 0 Å². The molecule has 2 aromatic carbocycles. The molecule has 7 nitrogen and oxygen atoms in total. The van der Waals surface area contributed by atoms with Gasteiger partial charge in [-0.1, -0.05) is 30.7 Å². The van der Waals surface area contributed by atoms with E-state index in [1.54, 1.807) is 24.3 Å². The van der Waals surface area contributed by atoms with Crippen LogP contribution in [0.5, 0.6) is 5.75 Å². The summed E-state index contributed by atoms with van der Waals surface area (Å²) in [6.07, 6.45) is 2.83. The number of hydrogen-bond acceptors (Lipinski definition) is 5. The van der Waals surface area contributed by atoms with E-state index in [4.69, 9.17) is 4.74 Å². The first-order chi connectivity index (χ1) is 14.9. The number of nitrogens with zero attached hydrogens (tertiary/aromatic N) is 2. The van der Waals surface area contributed by atoms with Crippen LogP contribution in [-0.4, -0.2) is 55.8 Å². The number of ether oxygens (including phenoxy) is 1. The molecule has 0 saturated carbocycles. The Labute approximate surface area is 184 Å². The number of hydrogen-bond donors (Lipinski definition) is 1. The summed E-state index contributed by atoms with van der Waals surface area (Å²) >= 11 is 0. The number of rotatable bonds is 5. The van der Waals surface area contributed by atoms with E-state index in [1.807, 2.05) is 31.2 Å². The third kappa shape index (κ3) is 4.92. The summed E-state index contributed by atoms with van der Waals surface area (Å²) in [6.45, 7) is 4.72. The van der Waals surface area contributed by atoms with Crippen molar-refractivity contribution in [2.75, 3.05) is 31.6 Å². The lowest BCUT2D eigenvalue weighted by Crippen LogP contribution is -2.42. The van der Waals surface area contributed by atoms with E-state index in [-0.39, 0.29) is 10.8 Å². The standard InChI is InChI=1S/C23H29N3O4S/c1-18(25-14-15-30-22-11-4-3-8-19(22)17-25)23(27)24-20-9-7-10-21(16-20)31(28,29)26-12-5-2-6-13-26/h3-4,7-11,16,18H,2,5-6,12-15,17H2,1H3,(H,24,27). The number of carbonyl (C=O) groups excluding carboxylic acids is 1. The number of anilines is 1. The largest absolute Gasteiger partial charge is 0.492 e. The lowest BCUT2D eigenvalue weighted by molar-refractivity contribution is -0.121. The average molecular weight is 444 g/mol. The summed E-state index contributed by atoms with van der Waals surface area (Å²) < 4.78 is 33.2. The lowest BCUT2D eigenvalue weighted by atomic mass is 10.1. The normalized spacial score (nSPS) is 19.0. The van der Waals surface area contributed by atoms with Crippen LogP contribution in [0.2, 0.25) is 0 Å². The number of amides is 1. The molecule has 166 valence electrons. The molecule has 1 amide bonds. The molecule has 0 spiro atoms. The van der Waals surface area contributed by atoms with Gasteiger partial charge in [-0.05, 0) is 44.0 Å². The number of piperidine rings is 1. The number of nitrogens with one attached hydrogen (secondary N) is 1. The van der Waals surface area contributed by atoms with Crippen molar-refractivity contribution in [3.63, 3.8) is 0 Å². The molecule has 1 atom stereocenters. The molecule has 31 heavy (non-hydrogen) atoms. The van der Waals surface area contributed by atoms with E-state index >= 15 is 0 Å². The molecule has 0 aliphatic carbocycles. The average Bonchev–Trinajstić information content (AvgIpc) is 3.02. The highest BCUT2D eigenvalue weighted by atomic mass is 32.2. The molecule has 1 saturated heterocycles. The summed E-state index contributed by atoms with van der Waals surface area (Å²) in [5.74, 6) is 0.681. The fourth-order valence-electron chi connectivity index (χ4n) is 4.08. The van der Waals surface area contributed by atoms with Gasteiger partial charge < -0.3 is 10.1 Å². The predicted molar refractivity (Wildman–Crippen MR) is 119 cm³/mol. The van der Waals surface area contributed by atoms with E-state index in [2.05, 4.69) is 10.2 Å². The van der Waals surface area contributed by atoms with Crippen molar-refractivity contribution in [1.82, 2.24) is 9.21 Å². The zero-order valence-corrected chi connectivity index (χ0v) is 18.6. The van der Waals surface area contributed by atoms with Crippen molar-refractivity contribution in [1.29, 1.82) is 0 Å². The minimum Gasteiger partial charge on any atom is -0.492 e. The predicted octanol–water partition coefficient (Wildman–Crippen LogP) is 3.08. The summed E-state index contributed by atoms with van der Waals surface area (Å²) in [4.78, 5) is 15.2. The molecule has 0 aromatic heterocycles. The van der Waals surface area contributed by atoms with Crippen molar-refractivity contribution in [3.8, 4) is 5.75 Å². The Hall–Kier alpha value is -2.42. The Balaban J connectivity index is 1.45. The Morgan fingerprint density at radius 1 is 1.03 bits per heavy atom. The molecule has 2 aliphatic heterocycles. The molecule has 2 heterocycles. The third-order valence-electron chi connectivity index (χ3n) is 5.96. The van der Waals surface area contributed by atoms with Gasteiger partial charge in [-0.15, -0.1) is 0 Å². The van der Waals surface area contributed by atoms with Crippen LogP contribution in [0.4, 0.5) is 5.69 Å². The van der Waals surface area contributed by atoms with Crippen LogP contribution in [0.15, 0.2) is 53.4 Å². The van der Waals surface area contributed by atoms with E-state index < -0.39 is 16.1 Å². The maximum absolute atomic E-state index is 13.0. The van der Waals surface area contributed by atoms with Crippen molar-refractivity contribution in [2.24, 2.45) is 0 Å². The van der Waals surface area contributed by atoms with Gasteiger partial charge in [0.2, 0.25) is 15.9 Å². The Morgan fingerprint density at radius 2 is 1.81 bits per heavy atom. The van der Waals surface area contributed by atoms with Crippen LogP contribution in [0.1, 0.15) is 31.7 Å². The third-order valence-corrected chi connectivity index (χ3v) is 7.86. The smallest absolute Gasteiger partial charge is 0.243 e. The van der Waals surface area contributed by atoms with Crippen molar-refractivity contribution in [2.45, 2.75) is 43.7 Å². The van der Waals surface area contributed by atoms with Crippen molar-refractivity contribution < 1.29 is 17.9 Å². The van der Waals surface area contributed by atoms with Gasteiger partial charge in [0.1, 0.15) is 12.4 Å². The van der Waals surface area contributed by atoms with Gasteiger partial charge in [-0.25, -0.2) is 8.42 Å². The zero-order chi connectivity index (χ0) is 21.8. The molecule has 1 N–H and O–H groups in total. The molecular weight excluding hydrogens is 414 g/mol. The first-order valence-electron chi connectivity index (χ1n) is 10.8. The second-order valence-electron chi connectivity index (χ2n) is 8.08. The molecule has 1 unspecified atom stereocenters. The second-order valence-corrected chi connectivity index (χ2v) is 10.0. The van der Waals surface area contributed by atoms with Gasteiger partial charge in [-0.3, -0.25) is 9.69 Å². The van der Waals surface area contributed by atoms with Crippen LogP contribution in [0.3, 0.4) is 0 Å². The Kier molecular flexibility index (Phi) is 6.60. The second kappa shape index (κ2) is 9.38. The molecular formula is C23H29N3O4S. The minimum absolute atomic E-state index is 0.174. The first kappa shape index (κ1) is 21.8. The molecule has 1 fully saturated rings. The summed E-state index contributed by atoms with van der Waals surface area (Å²) in [5.41, 5.74) is 1.54.